The van der Waals surface area contributed by atoms with E-state index in [-0.39, 0.29) is 5.97 Å². The normalized spacial score (nSPS) is 21.0. The number of anilines is 1. The fourth-order valence-electron chi connectivity index (χ4n) is 3.57. The Labute approximate surface area is 151 Å². The molecule has 6 nitrogen and oxygen atoms in total. The number of halogens is 1. The summed E-state index contributed by atoms with van der Waals surface area (Å²) in [6.07, 6.45) is 3.97. The molecule has 3 rings (SSSR count). The Balaban J connectivity index is 1.65. The number of methoxy groups -OCH3 is 1. The quantitative estimate of drug-likeness (QED) is 0.726. The lowest BCUT2D eigenvalue weighted by molar-refractivity contribution is 0.0600. The number of pyridine rings is 1. The fraction of sp³-hybridized carbons (Fsp3) is 0.647. The highest BCUT2D eigenvalue weighted by molar-refractivity contribution is 9.10. The van der Waals surface area contributed by atoms with Crippen molar-refractivity contribution in [3.05, 3.63) is 22.3 Å². The monoisotopic (exact) mass is 396 g/mol. The fourth-order valence-corrected chi connectivity index (χ4v) is 3.91. The van der Waals surface area contributed by atoms with E-state index in [0.717, 1.165) is 62.4 Å². The van der Waals surface area contributed by atoms with Gasteiger partial charge in [-0.05, 0) is 41.9 Å². The standard InChI is InChI=1S/C17H25BrN4O2/c1-20-7-9-21(10-8-20)14-3-5-22(6-4-14)16-15(17(23)24-2)11-13(18)12-19-16/h11-12,14H,3-10H2,1-2H3. The van der Waals surface area contributed by atoms with Crippen LogP contribution >= 0.6 is 15.9 Å². The van der Waals surface area contributed by atoms with E-state index >= 15 is 0 Å². The highest BCUT2D eigenvalue weighted by Gasteiger charge is 2.29. The number of likely N-dealkylation sites (N-methyl/N-ethyl adjacent to an activating group) is 1. The molecule has 0 atom stereocenters. The molecule has 0 bridgehead atoms. The highest BCUT2D eigenvalue weighted by atomic mass is 79.9. The number of esters is 1. The van der Waals surface area contributed by atoms with Crippen LogP contribution in [0.15, 0.2) is 16.7 Å². The molecule has 2 saturated heterocycles. The molecule has 0 aromatic carbocycles. The largest absolute Gasteiger partial charge is 0.465 e. The van der Waals surface area contributed by atoms with Crippen molar-refractivity contribution in [3.63, 3.8) is 0 Å². The summed E-state index contributed by atoms with van der Waals surface area (Å²) in [6, 6.07) is 2.44. The van der Waals surface area contributed by atoms with Gasteiger partial charge in [-0.25, -0.2) is 9.78 Å². The van der Waals surface area contributed by atoms with E-state index in [1.807, 2.05) is 0 Å². The van der Waals surface area contributed by atoms with E-state index in [9.17, 15) is 4.79 Å². The van der Waals surface area contributed by atoms with Gasteiger partial charge in [-0.15, -0.1) is 0 Å². The first-order chi connectivity index (χ1) is 11.6. The van der Waals surface area contributed by atoms with Crippen LogP contribution in [-0.4, -0.2) is 80.2 Å². The Hall–Kier alpha value is -1.18. The number of hydrogen-bond donors (Lipinski definition) is 0. The lowest BCUT2D eigenvalue weighted by atomic mass is 10.0. The number of piperidine rings is 1. The molecule has 0 N–H and O–H groups in total. The van der Waals surface area contributed by atoms with Gasteiger partial charge in [0.15, 0.2) is 0 Å². The van der Waals surface area contributed by atoms with E-state index in [1.165, 1.54) is 7.11 Å². The minimum absolute atomic E-state index is 0.333. The van der Waals surface area contributed by atoms with Gasteiger partial charge in [-0.2, -0.15) is 0 Å². The molecular formula is C17H25BrN4O2. The SMILES string of the molecule is COC(=O)c1cc(Br)cnc1N1CCC(N2CCN(C)CC2)CC1. The molecule has 1 aromatic rings. The summed E-state index contributed by atoms with van der Waals surface area (Å²) in [5.41, 5.74) is 0.532. The highest BCUT2D eigenvalue weighted by Crippen LogP contribution is 2.27. The summed E-state index contributed by atoms with van der Waals surface area (Å²) in [5, 5.41) is 0. The molecule has 0 unspecified atom stereocenters. The molecule has 2 aliphatic rings. The minimum Gasteiger partial charge on any atom is -0.465 e. The maximum Gasteiger partial charge on any atom is 0.341 e. The summed E-state index contributed by atoms with van der Waals surface area (Å²) >= 11 is 3.38. The topological polar surface area (TPSA) is 48.9 Å². The van der Waals surface area contributed by atoms with Gasteiger partial charge in [0.1, 0.15) is 11.4 Å². The van der Waals surface area contributed by atoms with Crippen LogP contribution in [0.25, 0.3) is 0 Å². The number of nitrogens with zero attached hydrogens (tertiary/aromatic N) is 4. The van der Waals surface area contributed by atoms with Gasteiger partial charge in [0.05, 0.1) is 7.11 Å². The maximum absolute atomic E-state index is 12.0. The zero-order valence-corrected chi connectivity index (χ0v) is 16.0. The molecule has 0 aliphatic carbocycles. The lowest BCUT2D eigenvalue weighted by Gasteiger charge is -2.42. The summed E-state index contributed by atoms with van der Waals surface area (Å²) < 4.78 is 5.70. The van der Waals surface area contributed by atoms with E-state index in [2.05, 4.69) is 42.7 Å². The third kappa shape index (κ3) is 3.90. The van der Waals surface area contributed by atoms with Crippen molar-refractivity contribution in [2.45, 2.75) is 18.9 Å². The molecule has 7 heteroatoms. The van der Waals surface area contributed by atoms with Crippen LogP contribution in [0.2, 0.25) is 0 Å². The van der Waals surface area contributed by atoms with Gasteiger partial charge in [-0.1, -0.05) is 0 Å². The maximum atomic E-state index is 12.0. The summed E-state index contributed by atoms with van der Waals surface area (Å²) in [7, 11) is 3.60. The van der Waals surface area contributed by atoms with Crippen molar-refractivity contribution in [1.82, 2.24) is 14.8 Å². The Kier molecular flexibility index (Phi) is 5.73. The van der Waals surface area contributed by atoms with Gasteiger partial charge in [0.2, 0.25) is 0 Å². The molecule has 24 heavy (non-hydrogen) atoms. The molecule has 0 saturated carbocycles. The lowest BCUT2D eigenvalue weighted by Crippen LogP contribution is -2.52. The number of carbonyl (C=O) groups excluding carboxylic acids is 1. The number of aromatic nitrogens is 1. The minimum atomic E-state index is -0.333. The van der Waals surface area contributed by atoms with E-state index in [1.54, 1.807) is 12.3 Å². The predicted molar refractivity (Wildman–Crippen MR) is 97.6 cm³/mol. The van der Waals surface area contributed by atoms with Crippen molar-refractivity contribution >= 4 is 27.7 Å². The summed E-state index contributed by atoms with van der Waals surface area (Å²) in [5.74, 6) is 0.405. The smallest absolute Gasteiger partial charge is 0.341 e. The van der Waals surface area contributed by atoms with Crippen molar-refractivity contribution in [1.29, 1.82) is 0 Å². The van der Waals surface area contributed by atoms with Crippen molar-refractivity contribution < 1.29 is 9.53 Å². The van der Waals surface area contributed by atoms with Crippen LogP contribution < -0.4 is 4.90 Å². The van der Waals surface area contributed by atoms with E-state index < -0.39 is 0 Å². The number of rotatable bonds is 3. The van der Waals surface area contributed by atoms with Gasteiger partial charge in [0, 0.05) is 56.0 Å². The van der Waals surface area contributed by atoms with Crippen LogP contribution in [0.1, 0.15) is 23.2 Å². The molecular weight excluding hydrogens is 372 g/mol. The number of hydrogen-bond acceptors (Lipinski definition) is 6. The van der Waals surface area contributed by atoms with Crippen molar-refractivity contribution in [3.8, 4) is 0 Å². The second-order valence-electron chi connectivity index (χ2n) is 6.57. The van der Waals surface area contributed by atoms with Crippen LogP contribution in [0, 0.1) is 0 Å². The Morgan fingerprint density at radius 2 is 1.88 bits per heavy atom. The Morgan fingerprint density at radius 1 is 1.21 bits per heavy atom. The molecule has 0 amide bonds. The van der Waals surface area contributed by atoms with E-state index in [0.29, 0.717) is 11.6 Å². The van der Waals surface area contributed by atoms with Crippen molar-refractivity contribution in [2.24, 2.45) is 0 Å². The number of carbonyl (C=O) groups is 1. The average molecular weight is 397 g/mol. The third-order valence-corrected chi connectivity index (χ3v) is 5.49. The molecule has 1 aromatic heterocycles. The Morgan fingerprint density at radius 3 is 2.50 bits per heavy atom. The number of ether oxygens (including phenoxy) is 1. The summed E-state index contributed by atoms with van der Waals surface area (Å²) in [4.78, 5) is 23.7. The summed E-state index contributed by atoms with van der Waals surface area (Å²) in [6.45, 7) is 6.48. The predicted octanol–water partition coefficient (Wildman–Crippen LogP) is 1.85. The third-order valence-electron chi connectivity index (χ3n) is 5.06. The first-order valence-corrected chi connectivity index (χ1v) is 9.29. The molecule has 132 valence electrons. The molecule has 0 spiro atoms. The second-order valence-corrected chi connectivity index (χ2v) is 7.49. The molecule has 2 aliphatic heterocycles. The molecule has 2 fully saturated rings. The van der Waals surface area contributed by atoms with Crippen LogP contribution in [0.4, 0.5) is 5.82 Å². The van der Waals surface area contributed by atoms with Crippen LogP contribution in [-0.2, 0) is 4.74 Å². The van der Waals surface area contributed by atoms with Gasteiger partial charge in [-0.3, -0.25) is 4.90 Å². The first kappa shape index (κ1) is 17.6. The van der Waals surface area contributed by atoms with E-state index in [4.69, 9.17) is 4.74 Å². The average Bonchev–Trinajstić information content (AvgIpc) is 2.62. The zero-order valence-electron chi connectivity index (χ0n) is 14.4. The van der Waals surface area contributed by atoms with Crippen LogP contribution in [0.5, 0.6) is 0 Å². The van der Waals surface area contributed by atoms with Gasteiger partial charge in [0.25, 0.3) is 0 Å². The molecule has 0 radical (unpaired) electrons. The van der Waals surface area contributed by atoms with Crippen molar-refractivity contribution in [2.75, 3.05) is 58.3 Å². The van der Waals surface area contributed by atoms with Gasteiger partial charge < -0.3 is 14.5 Å². The Bertz CT molecular complexity index is 582. The zero-order chi connectivity index (χ0) is 17.1. The first-order valence-electron chi connectivity index (χ1n) is 8.50. The molecule has 3 heterocycles. The number of piperazine rings is 1. The second kappa shape index (κ2) is 7.80. The van der Waals surface area contributed by atoms with Crippen LogP contribution in [0.3, 0.4) is 0 Å². The van der Waals surface area contributed by atoms with Gasteiger partial charge >= 0.3 is 5.97 Å².